The lowest BCUT2D eigenvalue weighted by atomic mass is 10.0. The average Bonchev–Trinajstić information content (AvgIpc) is 3.40. The quantitative estimate of drug-likeness (QED) is 0.664. The second kappa shape index (κ2) is 7.29. The van der Waals surface area contributed by atoms with Gasteiger partial charge >= 0.3 is 0 Å². The Balaban J connectivity index is 1.69. The van der Waals surface area contributed by atoms with E-state index < -0.39 is 5.41 Å². The number of anilines is 2. The van der Waals surface area contributed by atoms with E-state index in [1.165, 1.54) is 5.56 Å². The van der Waals surface area contributed by atoms with Gasteiger partial charge in [0, 0.05) is 10.7 Å². The fraction of sp³-hybridized carbons (Fsp3) is 0.300. The van der Waals surface area contributed by atoms with Crippen molar-refractivity contribution in [2.75, 3.05) is 10.6 Å². The predicted octanol–water partition coefficient (Wildman–Crippen LogP) is 5.47. The molecule has 2 aromatic rings. The molecule has 1 aliphatic rings. The van der Waals surface area contributed by atoms with Crippen molar-refractivity contribution in [2.24, 2.45) is 5.41 Å². The minimum Gasteiger partial charge on any atom is -0.325 e. The third-order valence-electron chi connectivity index (χ3n) is 4.63. The van der Waals surface area contributed by atoms with Crippen LogP contribution in [0.4, 0.5) is 11.4 Å². The van der Waals surface area contributed by atoms with Crippen LogP contribution in [0.1, 0.15) is 38.2 Å². The second-order valence-corrected chi connectivity index (χ2v) is 7.73. The number of carbonyl (C=O) groups excluding carboxylic acids is 2. The van der Waals surface area contributed by atoms with Crippen molar-refractivity contribution in [3.8, 4) is 0 Å². The molecule has 3 rings (SSSR count). The topological polar surface area (TPSA) is 58.2 Å². The van der Waals surface area contributed by atoms with Crippen LogP contribution in [0, 0.1) is 5.41 Å². The van der Waals surface area contributed by atoms with Gasteiger partial charge in [0.1, 0.15) is 5.41 Å². The molecule has 0 heterocycles. The molecule has 0 spiro atoms. The summed E-state index contributed by atoms with van der Waals surface area (Å²) in [7, 11) is 0. The van der Waals surface area contributed by atoms with Crippen LogP contribution in [0.25, 0.3) is 0 Å². The lowest BCUT2D eigenvalue weighted by Crippen LogP contribution is -2.35. The molecule has 0 aromatic heterocycles. The number of rotatable bonds is 5. The van der Waals surface area contributed by atoms with Gasteiger partial charge in [0.15, 0.2) is 0 Å². The van der Waals surface area contributed by atoms with Crippen LogP contribution < -0.4 is 10.6 Å². The molecule has 0 atom stereocenters. The molecular formula is C20H20Cl2N2O2. The third kappa shape index (κ3) is 3.87. The molecular weight excluding hydrogens is 371 g/mol. The van der Waals surface area contributed by atoms with Crippen molar-refractivity contribution in [2.45, 2.75) is 32.6 Å². The van der Waals surface area contributed by atoms with Gasteiger partial charge in [0.2, 0.25) is 11.8 Å². The molecule has 0 radical (unpaired) electrons. The lowest BCUT2D eigenvalue weighted by molar-refractivity contribution is -0.131. The third-order valence-corrected chi connectivity index (χ3v) is 5.18. The molecule has 26 heavy (non-hydrogen) atoms. The van der Waals surface area contributed by atoms with Crippen LogP contribution in [-0.4, -0.2) is 11.8 Å². The number of hydrogen-bond donors (Lipinski definition) is 2. The number of nitrogens with one attached hydrogen (secondary N) is 2. The Hall–Kier alpha value is -2.04. The molecule has 2 N–H and O–H groups in total. The van der Waals surface area contributed by atoms with E-state index in [0.29, 0.717) is 40.2 Å². The largest absolute Gasteiger partial charge is 0.325 e. The van der Waals surface area contributed by atoms with Crippen molar-refractivity contribution in [1.29, 1.82) is 0 Å². The zero-order chi connectivity index (χ0) is 18.9. The molecule has 1 fully saturated rings. The Morgan fingerprint density at radius 2 is 1.58 bits per heavy atom. The smallest absolute Gasteiger partial charge is 0.240 e. The number of carbonyl (C=O) groups is 2. The highest BCUT2D eigenvalue weighted by Crippen LogP contribution is 2.48. The summed E-state index contributed by atoms with van der Waals surface area (Å²) in [5, 5.41) is 6.41. The molecule has 2 amide bonds. The Bertz CT molecular complexity index is 843. The monoisotopic (exact) mass is 390 g/mol. The maximum absolute atomic E-state index is 12.7. The van der Waals surface area contributed by atoms with E-state index in [0.717, 1.165) is 0 Å². The predicted molar refractivity (Wildman–Crippen MR) is 106 cm³/mol. The molecule has 0 aliphatic heterocycles. The van der Waals surface area contributed by atoms with Crippen LogP contribution in [-0.2, 0) is 9.59 Å². The first-order valence-electron chi connectivity index (χ1n) is 8.50. The highest BCUT2D eigenvalue weighted by atomic mass is 35.5. The summed E-state index contributed by atoms with van der Waals surface area (Å²) in [6, 6.07) is 12.5. The summed E-state index contributed by atoms with van der Waals surface area (Å²) in [5.74, 6) is -0.222. The zero-order valence-corrected chi connectivity index (χ0v) is 16.1. The summed E-state index contributed by atoms with van der Waals surface area (Å²) < 4.78 is 0. The number of halogens is 2. The number of hydrogen-bond acceptors (Lipinski definition) is 2. The van der Waals surface area contributed by atoms with E-state index in [-0.39, 0.29) is 11.8 Å². The summed E-state index contributed by atoms with van der Waals surface area (Å²) in [6.07, 6.45) is 1.03. The van der Waals surface area contributed by atoms with Gasteiger partial charge in [-0.15, -0.1) is 0 Å². The van der Waals surface area contributed by atoms with Crippen LogP contribution >= 0.6 is 23.2 Å². The van der Waals surface area contributed by atoms with Gasteiger partial charge in [-0.1, -0.05) is 49.2 Å². The van der Waals surface area contributed by atoms with Crippen molar-refractivity contribution in [3.63, 3.8) is 0 Å². The van der Waals surface area contributed by atoms with Gasteiger partial charge in [-0.2, -0.15) is 0 Å². The Labute approximate surface area is 162 Å². The number of benzene rings is 2. The van der Waals surface area contributed by atoms with E-state index in [4.69, 9.17) is 23.2 Å². The van der Waals surface area contributed by atoms with Crippen LogP contribution in [0.2, 0.25) is 10.0 Å². The molecule has 0 bridgehead atoms. The Kier molecular flexibility index (Phi) is 5.26. The number of amides is 2. The van der Waals surface area contributed by atoms with Gasteiger partial charge in [-0.3, -0.25) is 9.59 Å². The first-order valence-corrected chi connectivity index (χ1v) is 9.25. The highest BCUT2D eigenvalue weighted by Gasteiger charge is 2.56. The lowest BCUT2D eigenvalue weighted by Gasteiger charge is -2.16. The van der Waals surface area contributed by atoms with Gasteiger partial charge in [-0.25, -0.2) is 0 Å². The van der Waals surface area contributed by atoms with Gasteiger partial charge in [0.25, 0.3) is 0 Å². The summed E-state index contributed by atoms with van der Waals surface area (Å²) in [5.41, 5.74) is 1.28. The first-order chi connectivity index (χ1) is 12.3. The minimum atomic E-state index is -1.04. The highest BCUT2D eigenvalue weighted by molar-refractivity contribution is 6.37. The molecule has 1 aliphatic carbocycles. The normalized spacial score (nSPS) is 14.8. The molecule has 4 nitrogen and oxygen atoms in total. The first kappa shape index (κ1) is 18.7. The van der Waals surface area contributed by atoms with E-state index in [1.54, 1.807) is 18.2 Å². The fourth-order valence-electron chi connectivity index (χ4n) is 2.72. The maximum Gasteiger partial charge on any atom is 0.240 e. The van der Waals surface area contributed by atoms with Gasteiger partial charge in [0.05, 0.1) is 10.7 Å². The molecule has 1 saturated carbocycles. The summed E-state index contributed by atoms with van der Waals surface area (Å²) >= 11 is 12.0. The van der Waals surface area contributed by atoms with Crippen LogP contribution in [0.3, 0.4) is 0 Å². The Morgan fingerprint density at radius 3 is 2.12 bits per heavy atom. The minimum absolute atomic E-state index is 0.294. The standard InChI is InChI=1S/C20H20Cl2N2O2/c1-12(2)13-3-6-15(7-4-13)23-18(25)20(9-10-20)19(26)24-17-8-5-14(21)11-16(17)22/h3-8,11-12H,9-10H2,1-2H3,(H,23,25)(H,24,26). The summed E-state index contributed by atoms with van der Waals surface area (Å²) in [4.78, 5) is 25.3. The molecule has 2 aromatic carbocycles. The molecule has 136 valence electrons. The zero-order valence-electron chi connectivity index (χ0n) is 14.6. The van der Waals surface area contributed by atoms with E-state index in [2.05, 4.69) is 24.5 Å². The van der Waals surface area contributed by atoms with Gasteiger partial charge < -0.3 is 10.6 Å². The summed E-state index contributed by atoms with van der Waals surface area (Å²) in [6.45, 7) is 4.22. The Morgan fingerprint density at radius 1 is 0.962 bits per heavy atom. The second-order valence-electron chi connectivity index (χ2n) is 6.89. The van der Waals surface area contributed by atoms with Crippen LogP contribution in [0.5, 0.6) is 0 Å². The van der Waals surface area contributed by atoms with E-state index >= 15 is 0 Å². The van der Waals surface area contributed by atoms with Crippen molar-refractivity contribution < 1.29 is 9.59 Å². The molecule has 0 unspecified atom stereocenters. The fourth-order valence-corrected chi connectivity index (χ4v) is 3.17. The van der Waals surface area contributed by atoms with E-state index in [1.807, 2.05) is 24.3 Å². The average molecular weight is 391 g/mol. The van der Waals surface area contributed by atoms with Gasteiger partial charge in [-0.05, 0) is 54.7 Å². The van der Waals surface area contributed by atoms with Crippen molar-refractivity contribution >= 4 is 46.4 Å². The SMILES string of the molecule is CC(C)c1ccc(NC(=O)C2(C(=O)Nc3ccc(Cl)cc3Cl)CC2)cc1. The van der Waals surface area contributed by atoms with E-state index in [9.17, 15) is 9.59 Å². The molecule has 0 saturated heterocycles. The molecule has 6 heteroatoms. The van der Waals surface area contributed by atoms with Crippen LogP contribution in [0.15, 0.2) is 42.5 Å². The maximum atomic E-state index is 12.7. The van der Waals surface area contributed by atoms with Crippen molar-refractivity contribution in [1.82, 2.24) is 0 Å². The van der Waals surface area contributed by atoms with Crippen molar-refractivity contribution in [3.05, 3.63) is 58.1 Å².